The fraction of sp³-hybridized carbons (Fsp3) is 0.182. The molecule has 15 heavy (non-hydrogen) atoms. The zero-order valence-corrected chi connectivity index (χ0v) is 10.1. The first-order valence-corrected chi connectivity index (χ1v) is 5.23. The Morgan fingerprint density at radius 3 is 2.67 bits per heavy atom. The molecular weight excluding hydrogens is 258 g/mol. The number of hydrogen-bond donors (Lipinski definition) is 2. The number of aryl methyl sites for hydroxylation is 2. The minimum atomic E-state index is -0.969. The third-order valence-electron chi connectivity index (χ3n) is 1.89. The fourth-order valence-electron chi connectivity index (χ4n) is 1.29. The summed E-state index contributed by atoms with van der Waals surface area (Å²) in [6.07, 6.45) is 2.47. The molecule has 0 amide bonds. The van der Waals surface area contributed by atoms with Crippen LogP contribution in [0.2, 0.25) is 0 Å². The molecule has 1 aromatic carbocycles. The number of aliphatic carboxylic acids is 1. The van der Waals surface area contributed by atoms with Crippen molar-refractivity contribution in [3.63, 3.8) is 0 Å². The Hall–Kier alpha value is -1.29. The second-order valence-electron chi connectivity index (χ2n) is 3.25. The number of nitrogens with one attached hydrogen (secondary N) is 1. The summed E-state index contributed by atoms with van der Waals surface area (Å²) >= 11 is 3.42. The number of anilines is 1. The lowest BCUT2D eigenvalue weighted by atomic mass is 10.1. The Morgan fingerprint density at radius 2 is 2.13 bits per heavy atom. The van der Waals surface area contributed by atoms with E-state index in [0.717, 1.165) is 27.4 Å². The molecular formula is C11H12BrNO2. The Kier molecular flexibility index (Phi) is 3.91. The van der Waals surface area contributed by atoms with Crippen LogP contribution < -0.4 is 5.32 Å². The van der Waals surface area contributed by atoms with Crippen molar-refractivity contribution in [2.24, 2.45) is 0 Å². The molecule has 0 radical (unpaired) electrons. The van der Waals surface area contributed by atoms with Gasteiger partial charge in [-0.15, -0.1) is 0 Å². The normalized spacial score (nSPS) is 10.6. The molecule has 0 bridgehead atoms. The molecule has 80 valence electrons. The van der Waals surface area contributed by atoms with Crippen molar-refractivity contribution in [2.75, 3.05) is 5.32 Å². The van der Waals surface area contributed by atoms with Crippen molar-refractivity contribution >= 4 is 27.6 Å². The monoisotopic (exact) mass is 269 g/mol. The van der Waals surface area contributed by atoms with E-state index in [9.17, 15) is 4.79 Å². The molecule has 0 saturated heterocycles. The molecule has 0 aliphatic rings. The maximum absolute atomic E-state index is 10.3. The maximum Gasteiger partial charge on any atom is 0.329 e. The van der Waals surface area contributed by atoms with Crippen LogP contribution in [0.1, 0.15) is 11.1 Å². The van der Waals surface area contributed by atoms with Gasteiger partial charge in [-0.05, 0) is 47.0 Å². The zero-order chi connectivity index (χ0) is 11.4. The van der Waals surface area contributed by atoms with Crippen LogP contribution in [-0.2, 0) is 4.79 Å². The van der Waals surface area contributed by atoms with Crippen LogP contribution in [0.25, 0.3) is 0 Å². The van der Waals surface area contributed by atoms with Crippen molar-refractivity contribution < 1.29 is 9.90 Å². The summed E-state index contributed by atoms with van der Waals surface area (Å²) in [6.45, 7) is 3.98. The minimum absolute atomic E-state index is 0.887. The number of benzene rings is 1. The van der Waals surface area contributed by atoms with Gasteiger partial charge in [-0.3, -0.25) is 0 Å². The summed E-state index contributed by atoms with van der Waals surface area (Å²) in [5.74, 6) is -0.969. The molecule has 3 nitrogen and oxygen atoms in total. The average Bonchev–Trinajstić information content (AvgIpc) is 2.08. The molecule has 1 aromatic rings. The minimum Gasteiger partial charge on any atom is -0.478 e. The van der Waals surface area contributed by atoms with Gasteiger partial charge in [-0.2, -0.15) is 0 Å². The summed E-state index contributed by atoms with van der Waals surface area (Å²) < 4.78 is 0.926. The lowest BCUT2D eigenvalue weighted by Crippen LogP contribution is -1.95. The van der Waals surface area contributed by atoms with Gasteiger partial charge in [-0.1, -0.05) is 6.07 Å². The van der Waals surface area contributed by atoms with E-state index in [-0.39, 0.29) is 0 Å². The van der Waals surface area contributed by atoms with Gasteiger partial charge in [0, 0.05) is 16.7 Å². The van der Waals surface area contributed by atoms with Gasteiger partial charge in [0.25, 0.3) is 0 Å². The Morgan fingerprint density at radius 1 is 1.47 bits per heavy atom. The zero-order valence-electron chi connectivity index (χ0n) is 8.54. The highest BCUT2D eigenvalue weighted by atomic mass is 79.9. The Labute approximate surface area is 96.9 Å². The number of carboxylic acid groups (broad SMARTS) is 1. The first-order valence-electron chi connectivity index (χ1n) is 4.43. The van der Waals surface area contributed by atoms with Crippen LogP contribution in [-0.4, -0.2) is 11.1 Å². The highest BCUT2D eigenvalue weighted by Gasteiger charge is 2.02. The molecule has 4 heteroatoms. The van der Waals surface area contributed by atoms with Gasteiger partial charge >= 0.3 is 5.97 Å². The highest BCUT2D eigenvalue weighted by Crippen LogP contribution is 2.27. The third kappa shape index (κ3) is 3.40. The summed E-state index contributed by atoms with van der Waals surface area (Å²) in [5, 5.41) is 11.4. The molecule has 0 spiro atoms. The molecule has 0 unspecified atom stereocenters. The number of carbonyl (C=O) groups is 1. The predicted molar refractivity (Wildman–Crippen MR) is 64.0 cm³/mol. The van der Waals surface area contributed by atoms with E-state index in [1.54, 1.807) is 0 Å². The van der Waals surface area contributed by atoms with Crippen molar-refractivity contribution in [1.82, 2.24) is 0 Å². The van der Waals surface area contributed by atoms with Gasteiger partial charge in [0.05, 0.1) is 5.69 Å². The molecule has 0 heterocycles. The van der Waals surface area contributed by atoms with Crippen LogP contribution in [0.5, 0.6) is 0 Å². The Balaban J connectivity index is 2.90. The number of hydrogen-bond acceptors (Lipinski definition) is 2. The van der Waals surface area contributed by atoms with Crippen molar-refractivity contribution in [3.05, 3.63) is 40.0 Å². The van der Waals surface area contributed by atoms with E-state index in [1.165, 1.54) is 6.20 Å². The van der Waals surface area contributed by atoms with E-state index in [4.69, 9.17) is 5.11 Å². The van der Waals surface area contributed by atoms with E-state index in [2.05, 4.69) is 21.2 Å². The third-order valence-corrected chi connectivity index (χ3v) is 2.51. The van der Waals surface area contributed by atoms with Crippen LogP contribution >= 0.6 is 15.9 Å². The van der Waals surface area contributed by atoms with E-state index in [0.29, 0.717) is 0 Å². The van der Waals surface area contributed by atoms with Gasteiger partial charge in [-0.25, -0.2) is 4.79 Å². The molecule has 0 aromatic heterocycles. The van der Waals surface area contributed by atoms with E-state index in [1.807, 2.05) is 26.0 Å². The molecule has 1 rings (SSSR count). The number of carboxylic acids is 1. The lowest BCUT2D eigenvalue weighted by molar-refractivity contribution is -0.131. The predicted octanol–water partition coefficient (Wildman–Crippen LogP) is 3.08. The van der Waals surface area contributed by atoms with Gasteiger partial charge in [0.15, 0.2) is 0 Å². The summed E-state index contributed by atoms with van der Waals surface area (Å²) in [4.78, 5) is 10.3. The quantitative estimate of drug-likeness (QED) is 0.830. The van der Waals surface area contributed by atoms with Crippen LogP contribution in [0.3, 0.4) is 0 Å². The summed E-state index contributed by atoms with van der Waals surface area (Å²) in [6, 6.07) is 4.01. The summed E-state index contributed by atoms with van der Waals surface area (Å²) in [5.41, 5.74) is 3.11. The van der Waals surface area contributed by atoms with Gasteiger partial charge < -0.3 is 10.4 Å². The number of halogens is 1. The van der Waals surface area contributed by atoms with Gasteiger partial charge in [0.1, 0.15) is 0 Å². The Bertz CT molecular complexity index is 390. The topological polar surface area (TPSA) is 49.3 Å². The second-order valence-corrected chi connectivity index (χ2v) is 4.11. The summed E-state index contributed by atoms with van der Waals surface area (Å²) in [7, 11) is 0. The first kappa shape index (κ1) is 11.8. The molecule has 0 atom stereocenters. The molecule has 0 aliphatic carbocycles. The highest BCUT2D eigenvalue weighted by molar-refractivity contribution is 9.10. The number of rotatable bonds is 3. The van der Waals surface area contributed by atoms with Crippen molar-refractivity contribution in [2.45, 2.75) is 13.8 Å². The lowest BCUT2D eigenvalue weighted by Gasteiger charge is -2.09. The van der Waals surface area contributed by atoms with E-state index < -0.39 is 5.97 Å². The molecule has 0 fully saturated rings. The fourth-order valence-corrected chi connectivity index (χ4v) is 2.08. The maximum atomic E-state index is 10.3. The molecule has 2 N–H and O–H groups in total. The van der Waals surface area contributed by atoms with Gasteiger partial charge in [0.2, 0.25) is 0 Å². The van der Waals surface area contributed by atoms with Crippen molar-refractivity contribution in [3.8, 4) is 0 Å². The molecule has 0 aliphatic heterocycles. The smallest absolute Gasteiger partial charge is 0.329 e. The largest absolute Gasteiger partial charge is 0.478 e. The first-order chi connectivity index (χ1) is 7.00. The van der Waals surface area contributed by atoms with Crippen LogP contribution in [0.15, 0.2) is 28.9 Å². The van der Waals surface area contributed by atoms with Crippen LogP contribution in [0.4, 0.5) is 5.69 Å². The standard InChI is InChI=1S/C11H12BrNO2/c1-7-5-8(2)11(9(12)6-7)13-4-3-10(14)15/h3-6,13H,1-2H3,(H,14,15)/b4-3+. The molecule has 0 saturated carbocycles. The van der Waals surface area contributed by atoms with E-state index >= 15 is 0 Å². The van der Waals surface area contributed by atoms with Crippen LogP contribution in [0, 0.1) is 13.8 Å². The SMILES string of the molecule is Cc1cc(C)c(N/C=C/C(=O)O)c(Br)c1. The van der Waals surface area contributed by atoms with Crippen molar-refractivity contribution in [1.29, 1.82) is 0 Å². The second kappa shape index (κ2) is 4.98. The average molecular weight is 270 g/mol.